The third-order valence-corrected chi connectivity index (χ3v) is 5.35. The van der Waals surface area contributed by atoms with Crippen LogP contribution in [0.3, 0.4) is 0 Å². The number of hydrogen-bond acceptors (Lipinski definition) is 5. The average molecular weight is 336 g/mol. The van der Waals surface area contributed by atoms with Crippen LogP contribution < -0.4 is 4.74 Å². The fraction of sp³-hybridized carbons (Fsp3) is 0.444. The molecule has 0 N–H and O–H groups in total. The Hall–Kier alpha value is -2.70. The summed E-state index contributed by atoms with van der Waals surface area (Å²) in [6.45, 7) is 0. The molecule has 2 aliphatic carbocycles. The largest absolute Gasteiger partial charge is 0.474 e. The lowest BCUT2D eigenvalue weighted by molar-refractivity contribution is 0.0603. The molecule has 0 bridgehead atoms. The second-order valence-corrected chi connectivity index (χ2v) is 6.94. The van der Waals surface area contributed by atoms with Gasteiger partial charge in [0.1, 0.15) is 12.4 Å². The number of hydrogen-bond donors (Lipinski definition) is 0. The van der Waals surface area contributed by atoms with Gasteiger partial charge < -0.3 is 4.74 Å². The Labute approximate surface area is 145 Å². The van der Waals surface area contributed by atoms with Gasteiger partial charge in [-0.2, -0.15) is 10.2 Å². The van der Waals surface area contributed by atoms with Gasteiger partial charge in [0.25, 0.3) is 0 Å². The third kappa shape index (κ3) is 2.79. The van der Waals surface area contributed by atoms with Gasteiger partial charge in [-0.15, -0.1) is 0 Å². The number of nitrogens with zero attached hydrogens (tertiary/aromatic N) is 6. The minimum atomic E-state index is 0.218. The quantitative estimate of drug-likeness (QED) is 0.716. The summed E-state index contributed by atoms with van der Waals surface area (Å²) in [5.41, 5.74) is 1.08. The van der Waals surface area contributed by atoms with Crippen molar-refractivity contribution in [3.63, 3.8) is 0 Å². The number of ether oxygens (including phenoxy) is 1. The minimum Gasteiger partial charge on any atom is -0.474 e. The van der Waals surface area contributed by atoms with Crippen molar-refractivity contribution in [3.8, 4) is 5.88 Å². The lowest BCUT2D eigenvalue weighted by atomic mass is 9.78. The molecule has 2 aliphatic rings. The van der Waals surface area contributed by atoms with Gasteiger partial charge in [-0.1, -0.05) is 0 Å². The molecule has 0 spiro atoms. The SMILES string of the molecule is c1cnn(C2CC(Oc3cc(C4CC(n5cccn5)C4)ncn3)C2)c1. The highest BCUT2D eigenvalue weighted by Gasteiger charge is 2.35. The smallest absolute Gasteiger partial charge is 0.216 e. The Morgan fingerprint density at radius 2 is 1.56 bits per heavy atom. The Kier molecular flexibility index (Phi) is 3.50. The van der Waals surface area contributed by atoms with Gasteiger partial charge in [0, 0.05) is 49.6 Å². The molecule has 0 amide bonds. The van der Waals surface area contributed by atoms with Crippen LogP contribution in [0.15, 0.2) is 49.3 Å². The monoisotopic (exact) mass is 336 g/mol. The van der Waals surface area contributed by atoms with Crippen LogP contribution in [0.5, 0.6) is 5.88 Å². The van der Waals surface area contributed by atoms with Crippen molar-refractivity contribution in [3.05, 3.63) is 55.0 Å². The predicted molar refractivity (Wildman–Crippen MR) is 90.2 cm³/mol. The van der Waals surface area contributed by atoms with E-state index >= 15 is 0 Å². The maximum atomic E-state index is 6.03. The highest BCUT2D eigenvalue weighted by molar-refractivity contribution is 5.20. The lowest BCUT2D eigenvalue weighted by Gasteiger charge is -2.36. The van der Waals surface area contributed by atoms with E-state index in [1.165, 1.54) is 0 Å². The summed E-state index contributed by atoms with van der Waals surface area (Å²) in [7, 11) is 0. The van der Waals surface area contributed by atoms with Crippen LogP contribution in [0.25, 0.3) is 0 Å². The van der Waals surface area contributed by atoms with Gasteiger partial charge in [0.05, 0.1) is 17.8 Å². The molecule has 5 rings (SSSR count). The predicted octanol–water partition coefficient (Wildman–Crippen LogP) is 2.77. The second-order valence-electron chi connectivity index (χ2n) is 6.94. The summed E-state index contributed by atoms with van der Waals surface area (Å²) >= 11 is 0. The van der Waals surface area contributed by atoms with Gasteiger partial charge in [0.2, 0.25) is 5.88 Å². The van der Waals surface area contributed by atoms with Gasteiger partial charge in [-0.25, -0.2) is 9.97 Å². The highest BCUT2D eigenvalue weighted by Crippen LogP contribution is 2.44. The summed E-state index contributed by atoms with van der Waals surface area (Å²) in [6.07, 6.45) is 13.6. The zero-order valence-electron chi connectivity index (χ0n) is 13.8. The Balaban J connectivity index is 1.17. The van der Waals surface area contributed by atoms with Crippen molar-refractivity contribution < 1.29 is 4.74 Å². The molecule has 0 atom stereocenters. The van der Waals surface area contributed by atoms with E-state index in [9.17, 15) is 0 Å². The van der Waals surface area contributed by atoms with Gasteiger partial charge >= 0.3 is 0 Å². The molecule has 7 heteroatoms. The first-order chi connectivity index (χ1) is 12.3. The third-order valence-electron chi connectivity index (χ3n) is 5.35. The van der Waals surface area contributed by atoms with Gasteiger partial charge in [-0.05, 0) is 25.0 Å². The molecule has 25 heavy (non-hydrogen) atoms. The molecular weight excluding hydrogens is 316 g/mol. The molecule has 3 heterocycles. The Morgan fingerprint density at radius 3 is 2.20 bits per heavy atom. The first-order valence-electron chi connectivity index (χ1n) is 8.82. The normalized spacial score (nSPS) is 28.2. The lowest BCUT2D eigenvalue weighted by Crippen LogP contribution is -2.36. The fourth-order valence-electron chi connectivity index (χ4n) is 3.70. The van der Waals surface area contributed by atoms with E-state index < -0.39 is 0 Å². The van der Waals surface area contributed by atoms with E-state index in [0.717, 1.165) is 31.4 Å². The Bertz CT molecular complexity index is 819. The topological polar surface area (TPSA) is 70.7 Å². The molecule has 2 saturated carbocycles. The first-order valence-corrected chi connectivity index (χ1v) is 8.82. The summed E-state index contributed by atoms with van der Waals surface area (Å²) < 4.78 is 10.1. The summed E-state index contributed by atoms with van der Waals surface area (Å²) in [5, 5.41) is 8.61. The van der Waals surface area contributed by atoms with Crippen LogP contribution in [0, 0.1) is 0 Å². The van der Waals surface area contributed by atoms with Gasteiger partial charge in [-0.3, -0.25) is 9.36 Å². The molecule has 128 valence electrons. The van der Waals surface area contributed by atoms with Crippen LogP contribution in [0.2, 0.25) is 0 Å². The molecule has 0 saturated heterocycles. The summed E-state index contributed by atoms with van der Waals surface area (Å²) in [6, 6.07) is 6.87. The molecule has 0 radical (unpaired) electrons. The standard InChI is InChI=1S/C18H20N6O/c1-3-21-23(5-1)14-7-13(8-14)17-11-18(20-12-19-17)25-16-9-15(10-16)24-6-2-4-22-24/h1-6,11-16H,7-10H2. The van der Waals surface area contributed by atoms with Crippen molar-refractivity contribution in [1.29, 1.82) is 0 Å². The van der Waals surface area contributed by atoms with E-state index in [1.807, 2.05) is 52.4 Å². The van der Waals surface area contributed by atoms with E-state index in [0.29, 0.717) is 23.9 Å². The van der Waals surface area contributed by atoms with Crippen LogP contribution in [-0.2, 0) is 0 Å². The average Bonchev–Trinajstić information content (AvgIpc) is 3.23. The van der Waals surface area contributed by atoms with Crippen molar-refractivity contribution in [2.75, 3.05) is 0 Å². The minimum absolute atomic E-state index is 0.218. The number of rotatable bonds is 5. The van der Waals surface area contributed by atoms with Crippen LogP contribution in [0.4, 0.5) is 0 Å². The fourth-order valence-corrected chi connectivity index (χ4v) is 3.70. The van der Waals surface area contributed by atoms with Crippen LogP contribution in [-0.4, -0.2) is 35.6 Å². The summed E-state index contributed by atoms with van der Waals surface area (Å²) in [5.74, 6) is 1.16. The Morgan fingerprint density at radius 1 is 0.880 bits per heavy atom. The van der Waals surface area contributed by atoms with Crippen molar-refractivity contribution >= 4 is 0 Å². The maximum absolute atomic E-state index is 6.03. The zero-order valence-corrected chi connectivity index (χ0v) is 13.8. The van der Waals surface area contributed by atoms with E-state index in [-0.39, 0.29) is 6.10 Å². The zero-order chi connectivity index (χ0) is 16.6. The molecule has 7 nitrogen and oxygen atoms in total. The molecule has 3 aromatic heterocycles. The van der Waals surface area contributed by atoms with Crippen molar-refractivity contribution in [2.24, 2.45) is 0 Å². The molecule has 0 unspecified atom stereocenters. The number of aromatic nitrogens is 6. The van der Waals surface area contributed by atoms with E-state index in [1.54, 1.807) is 6.33 Å². The highest BCUT2D eigenvalue weighted by atomic mass is 16.5. The van der Waals surface area contributed by atoms with E-state index in [2.05, 4.69) is 20.2 Å². The van der Waals surface area contributed by atoms with Crippen LogP contribution in [0.1, 0.15) is 49.4 Å². The van der Waals surface area contributed by atoms with Crippen molar-refractivity contribution in [2.45, 2.75) is 49.8 Å². The molecular formula is C18H20N6O. The molecule has 0 aromatic carbocycles. The summed E-state index contributed by atoms with van der Waals surface area (Å²) in [4.78, 5) is 8.73. The first kappa shape index (κ1) is 14.6. The maximum Gasteiger partial charge on any atom is 0.216 e. The van der Waals surface area contributed by atoms with Gasteiger partial charge in [0.15, 0.2) is 0 Å². The molecule has 3 aromatic rings. The van der Waals surface area contributed by atoms with Crippen LogP contribution >= 0.6 is 0 Å². The van der Waals surface area contributed by atoms with Crippen molar-refractivity contribution in [1.82, 2.24) is 29.5 Å². The molecule has 0 aliphatic heterocycles. The molecule has 2 fully saturated rings. The van der Waals surface area contributed by atoms with E-state index in [4.69, 9.17) is 4.74 Å². The second kappa shape index (κ2) is 5.98.